The van der Waals surface area contributed by atoms with Crippen molar-refractivity contribution in [2.75, 3.05) is 34.8 Å². The van der Waals surface area contributed by atoms with Crippen molar-refractivity contribution in [2.45, 2.75) is 140 Å². The van der Waals surface area contributed by atoms with Gasteiger partial charge in [-0.15, -0.1) is 0 Å². The van der Waals surface area contributed by atoms with Gasteiger partial charge in [-0.1, -0.05) is 20.8 Å². The number of likely N-dealkylation sites (N-methyl/N-ethyl adjacent to an activating group) is 2. The molecule has 0 saturated carbocycles. The molecule has 3 aliphatic heterocycles. The van der Waals surface area contributed by atoms with Crippen molar-refractivity contribution in [1.82, 2.24) is 15.1 Å². The first-order valence-corrected chi connectivity index (χ1v) is 16.3. The minimum Gasteiger partial charge on any atom is -0.458 e. The van der Waals surface area contributed by atoms with Crippen molar-refractivity contribution in [3.05, 3.63) is 0 Å². The highest BCUT2D eigenvalue weighted by molar-refractivity contribution is 5.97. The van der Waals surface area contributed by atoms with Gasteiger partial charge in [-0.2, -0.15) is 0 Å². The van der Waals surface area contributed by atoms with Crippen LogP contribution in [0, 0.1) is 11.8 Å². The van der Waals surface area contributed by atoms with Crippen LogP contribution in [0.5, 0.6) is 0 Å². The second kappa shape index (κ2) is 14.9. The zero-order chi connectivity index (χ0) is 34.0. The quantitative estimate of drug-likeness (QED) is 0.284. The number of nitrogens with one attached hydrogen (secondary N) is 1. The number of fused-ring (bicyclic) bond motifs is 1. The molecular weight excluding hydrogens is 584 g/mol. The molecule has 3 fully saturated rings. The molecule has 13 heteroatoms. The fourth-order valence-corrected chi connectivity index (χ4v) is 7.46. The number of nitrogens with two attached hydrogens (primary N) is 1. The highest BCUT2D eigenvalue weighted by Gasteiger charge is 2.55. The van der Waals surface area contributed by atoms with Gasteiger partial charge in [0.25, 0.3) is 0 Å². The number of hydrogen-bond donors (Lipinski definition) is 3. The van der Waals surface area contributed by atoms with Crippen molar-refractivity contribution in [3.63, 3.8) is 0 Å². The van der Waals surface area contributed by atoms with Gasteiger partial charge in [0.05, 0.1) is 23.9 Å². The Balaban J connectivity index is 2.03. The van der Waals surface area contributed by atoms with E-state index >= 15 is 0 Å². The largest absolute Gasteiger partial charge is 0.458 e. The Morgan fingerprint density at radius 3 is 2.40 bits per heavy atom. The van der Waals surface area contributed by atoms with Crippen molar-refractivity contribution in [2.24, 2.45) is 17.6 Å². The van der Waals surface area contributed by atoms with Crippen LogP contribution in [-0.2, 0) is 33.3 Å². The van der Waals surface area contributed by atoms with Gasteiger partial charge in [-0.3, -0.25) is 9.59 Å². The number of hydrogen-bond acceptors (Lipinski definition) is 12. The molecule has 4 N–H and O–H groups in total. The molecule has 260 valence electrons. The Bertz CT molecular complexity index is 1050. The van der Waals surface area contributed by atoms with Crippen LogP contribution in [0.2, 0.25) is 0 Å². The highest BCUT2D eigenvalue weighted by Crippen LogP contribution is 2.38. The van der Waals surface area contributed by atoms with E-state index in [0.717, 1.165) is 0 Å². The Hall–Kier alpha value is -1.87. The average molecular weight is 643 g/mol. The van der Waals surface area contributed by atoms with E-state index in [0.29, 0.717) is 25.8 Å². The number of cyclic esters (lactones) is 1. The molecule has 0 aromatic rings. The van der Waals surface area contributed by atoms with Crippen LogP contribution in [0.1, 0.15) is 74.1 Å². The van der Waals surface area contributed by atoms with Gasteiger partial charge in [-0.25, -0.2) is 4.79 Å². The summed E-state index contributed by atoms with van der Waals surface area (Å²) < 4.78 is 30.6. The molecule has 3 saturated heterocycles. The minimum absolute atomic E-state index is 0.0357. The lowest BCUT2D eigenvalue weighted by atomic mass is 9.79. The number of amides is 1. The summed E-state index contributed by atoms with van der Waals surface area (Å²) in [6, 6.07) is -1.27. The second-order valence-electron chi connectivity index (χ2n) is 14.2. The summed E-state index contributed by atoms with van der Waals surface area (Å²) in [5, 5.41) is 14.3. The van der Waals surface area contributed by atoms with Gasteiger partial charge in [0.15, 0.2) is 11.9 Å². The Morgan fingerprint density at radius 1 is 1.20 bits per heavy atom. The van der Waals surface area contributed by atoms with Gasteiger partial charge in [0.2, 0.25) is 0 Å². The normalized spacial score (nSPS) is 43.5. The molecule has 3 aliphatic rings. The molecule has 0 aromatic heterocycles. The third-order valence-electron chi connectivity index (χ3n) is 10.4. The molecular formula is C32H58N4O9. The van der Waals surface area contributed by atoms with E-state index in [1.165, 1.54) is 0 Å². The van der Waals surface area contributed by atoms with E-state index in [9.17, 15) is 19.5 Å². The van der Waals surface area contributed by atoms with Crippen LogP contribution >= 0.6 is 0 Å². The first kappa shape index (κ1) is 37.6. The summed E-state index contributed by atoms with van der Waals surface area (Å²) in [6.45, 7) is 13.8. The Kier molecular flexibility index (Phi) is 12.5. The number of Topliss-reactive ketones (excluding diaryl/α,β-unsaturated/α-hetero) is 1. The van der Waals surface area contributed by atoms with Gasteiger partial charge in [0, 0.05) is 37.7 Å². The van der Waals surface area contributed by atoms with Crippen LogP contribution < -0.4 is 11.1 Å². The highest BCUT2D eigenvalue weighted by atomic mass is 16.7. The van der Waals surface area contributed by atoms with E-state index < -0.39 is 72.0 Å². The van der Waals surface area contributed by atoms with Crippen LogP contribution in [0.25, 0.3) is 0 Å². The van der Waals surface area contributed by atoms with Gasteiger partial charge >= 0.3 is 12.1 Å². The molecule has 3 rings (SSSR count). The first-order valence-electron chi connectivity index (χ1n) is 16.3. The summed E-state index contributed by atoms with van der Waals surface area (Å²) in [5.41, 5.74) is 4.07. The van der Waals surface area contributed by atoms with E-state index in [1.54, 1.807) is 21.0 Å². The number of esters is 1. The number of methoxy groups -OCH3 is 1. The number of carbonyl (C=O) groups is 3. The molecule has 45 heavy (non-hydrogen) atoms. The number of ether oxygens (including phenoxy) is 5. The molecule has 13 atom stereocenters. The molecule has 0 aliphatic carbocycles. The fourth-order valence-electron chi connectivity index (χ4n) is 7.46. The lowest BCUT2D eigenvalue weighted by Gasteiger charge is -2.47. The van der Waals surface area contributed by atoms with E-state index in [1.807, 2.05) is 53.7 Å². The zero-order valence-corrected chi connectivity index (χ0v) is 29.1. The SMILES string of the molecule is CC[C@H]1OC(=O)CC(=O)[C@H](C)[C@@H](O[C@@H]2O[C@H](C(C)N)CC(N(C)C)[C@H]2O)[C@](C)(OC)C[C@@H](C)CN(C)[C@H](C)[C@H]2NC(=O)O[C@@]21C. The molecule has 2 unspecified atom stereocenters. The van der Waals surface area contributed by atoms with E-state index in [2.05, 4.69) is 17.1 Å². The van der Waals surface area contributed by atoms with Crippen molar-refractivity contribution >= 4 is 17.8 Å². The van der Waals surface area contributed by atoms with Crippen LogP contribution in [0.3, 0.4) is 0 Å². The Labute approximate surface area is 268 Å². The maximum Gasteiger partial charge on any atom is 0.408 e. The predicted octanol–water partition coefficient (Wildman–Crippen LogP) is 1.67. The number of alkyl carbamates (subject to hydrolysis) is 1. The van der Waals surface area contributed by atoms with Gasteiger partial charge in [0.1, 0.15) is 24.4 Å². The molecule has 1 amide bonds. The molecule has 0 radical (unpaired) electrons. The third kappa shape index (κ3) is 8.17. The van der Waals surface area contributed by atoms with Crippen LogP contribution in [0.4, 0.5) is 4.79 Å². The number of aliphatic hydroxyl groups excluding tert-OH is 1. The number of nitrogens with zero attached hydrogens (tertiary/aromatic N) is 2. The van der Waals surface area contributed by atoms with Crippen molar-refractivity contribution in [3.8, 4) is 0 Å². The lowest BCUT2D eigenvalue weighted by molar-refractivity contribution is -0.299. The second-order valence-corrected chi connectivity index (χ2v) is 14.2. The molecule has 0 bridgehead atoms. The van der Waals surface area contributed by atoms with E-state index in [-0.39, 0.29) is 30.1 Å². The summed E-state index contributed by atoms with van der Waals surface area (Å²) >= 11 is 0. The predicted molar refractivity (Wildman–Crippen MR) is 167 cm³/mol. The minimum atomic E-state index is -1.14. The summed E-state index contributed by atoms with van der Waals surface area (Å²) in [6.07, 6.45) is -3.88. The number of aliphatic hydroxyl groups is 1. The third-order valence-corrected chi connectivity index (χ3v) is 10.4. The number of rotatable bonds is 6. The lowest BCUT2D eigenvalue weighted by Crippen LogP contribution is -2.61. The van der Waals surface area contributed by atoms with Crippen molar-refractivity contribution in [1.29, 1.82) is 0 Å². The fraction of sp³-hybridized carbons (Fsp3) is 0.906. The average Bonchev–Trinajstić information content (AvgIpc) is 3.27. The first-order chi connectivity index (χ1) is 20.9. The van der Waals surface area contributed by atoms with Crippen LogP contribution in [0.15, 0.2) is 0 Å². The maximum absolute atomic E-state index is 13.8. The maximum atomic E-state index is 13.8. The zero-order valence-electron chi connectivity index (χ0n) is 29.1. The van der Waals surface area contributed by atoms with E-state index in [4.69, 9.17) is 29.4 Å². The summed E-state index contributed by atoms with van der Waals surface area (Å²) in [4.78, 5) is 43.7. The van der Waals surface area contributed by atoms with Gasteiger partial charge in [-0.05, 0) is 74.0 Å². The molecule has 13 nitrogen and oxygen atoms in total. The summed E-state index contributed by atoms with van der Waals surface area (Å²) in [5.74, 6) is -1.93. The standard InChI is InChI=1S/C32H58N4O9/c1-12-24-32(7)27(34-30(40)45-32)20(5)36(10)16-17(2)15-31(6,41-11)28(18(3)22(37)14-25(38)43-24)44-29-26(39)21(35(8)9)13-23(42-29)19(4)33/h17-21,23-24,26-29,39H,12-16,33H2,1-11H3,(H,34,40)/t17-,18+,19?,20-,21?,23+,24-,26-,27-,28-,29+,31-,32-/m1/s1. The summed E-state index contributed by atoms with van der Waals surface area (Å²) in [7, 11) is 7.30. The van der Waals surface area contributed by atoms with Crippen LogP contribution in [-0.4, -0.2) is 134 Å². The van der Waals surface area contributed by atoms with Crippen molar-refractivity contribution < 1.29 is 43.2 Å². The number of ketones is 1. The molecule has 0 spiro atoms. The monoisotopic (exact) mass is 642 g/mol. The smallest absolute Gasteiger partial charge is 0.408 e. The van der Waals surface area contributed by atoms with Gasteiger partial charge < -0.3 is 49.6 Å². The number of carbonyl (C=O) groups excluding carboxylic acids is 3. The Morgan fingerprint density at radius 2 is 1.84 bits per heavy atom. The topological polar surface area (TPSA) is 162 Å². The molecule has 0 aromatic carbocycles. The molecule has 3 heterocycles.